The molecule has 0 aliphatic heterocycles. The monoisotopic (exact) mass is 337 g/mol. The molecule has 2 aromatic carbocycles. The Bertz CT molecular complexity index is 814. The van der Waals surface area contributed by atoms with Crippen molar-refractivity contribution >= 4 is 33.0 Å². The number of carbonyl (C=O) groups is 1. The van der Waals surface area contributed by atoms with Gasteiger partial charge in [-0.1, -0.05) is 11.6 Å². The molecule has 0 aliphatic carbocycles. The maximum Gasteiger partial charge on any atom is 0.258 e. The molecule has 0 aliphatic rings. The molecule has 0 N–H and O–H groups in total. The van der Waals surface area contributed by atoms with Gasteiger partial charge in [-0.15, -0.1) is 0 Å². The second-order valence-electron chi connectivity index (χ2n) is 5.09. The third-order valence-corrected chi connectivity index (χ3v) is 4.74. The van der Waals surface area contributed by atoms with Crippen LogP contribution in [0, 0.1) is 6.92 Å². The summed E-state index contributed by atoms with van der Waals surface area (Å²) in [5, 5.41) is 0.578. The molecule has 0 spiro atoms. The summed E-state index contributed by atoms with van der Waals surface area (Å²) in [6.45, 7) is 1.82. The molecular weight excluding hydrogens is 322 g/mol. The van der Waals surface area contributed by atoms with Crippen molar-refractivity contribution < 1.29 is 13.2 Å². The second kappa shape index (κ2) is 6.10. The predicted molar refractivity (Wildman–Crippen MR) is 88.5 cm³/mol. The van der Waals surface area contributed by atoms with Crippen LogP contribution in [0.3, 0.4) is 0 Å². The van der Waals surface area contributed by atoms with Crippen molar-refractivity contribution in [2.75, 3.05) is 18.2 Å². The van der Waals surface area contributed by atoms with Crippen LogP contribution in [0.15, 0.2) is 47.4 Å². The third-order valence-electron chi connectivity index (χ3n) is 3.38. The van der Waals surface area contributed by atoms with Gasteiger partial charge in [-0.05, 0) is 55.0 Å². The number of sulfone groups is 1. The number of benzene rings is 2. The minimum absolute atomic E-state index is 0.179. The van der Waals surface area contributed by atoms with Gasteiger partial charge in [0, 0.05) is 29.6 Å². The summed E-state index contributed by atoms with van der Waals surface area (Å²) in [6, 6.07) is 11.3. The van der Waals surface area contributed by atoms with E-state index in [1.165, 1.54) is 17.0 Å². The number of nitrogens with zero attached hydrogens (tertiary/aromatic N) is 1. The average molecular weight is 338 g/mol. The lowest BCUT2D eigenvalue weighted by Gasteiger charge is -2.19. The number of amides is 1. The lowest BCUT2D eigenvalue weighted by atomic mass is 10.1. The molecule has 2 rings (SSSR count). The molecule has 0 saturated heterocycles. The molecule has 22 heavy (non-hydrogen) atoms. The van der Waals surface area contributed by atoms with Crippen LogP contribution in [0.2, 0.25) is 5.02 Å². The summed E-state index contributed by atoms with van der Waals surface area (Å²) >= 11 is 5.90. The molecule has 0 heterocycles. The zero-order chi connectivity index (χ0) is 16.5. The Labute approximate surface area is 135 Å². The number of hydrogen-bond donors (Lipinski definition) is 0. The molecule has 6 heteroatoms. The summed E-state index contributed by atoms with van der Waals surface area (Å²) in [5.74, 6) is -0.179. The van der Waals surface area contributed by atoms with Gasteiger partial charge in [-0.25, -0.2) is 8.42 Å². The fourth-order valence-corrected chi connectivity index (χ4v) is 2.94. The number of anilines is 1. The standard InChI is InChI=1S/C16H16ClNO3S/c1-11-10-12(17)4-9-15(11)16(19)18(2)13-5-7-14(8-6-13)22(3,20)21/h4-10H,1-3H3. The largest absolute Gasteiger partial charge is 0.311 e. The van der Waals surface area contributed by atoms with E-state index in [0.717, 1.165) is 11.8 Å². The van der Waals surface area contributed by atoms with Crippen molar-refractivity contribution in [3.63, 3.8) is 0 Å². The Morgan fingerprint density at radius 2 is 1.68 bits per heavy atom. The topological polar surface area (TPSA) is 54.5 Å². The van der Waals surface area contributed by atoms with Gasteiger partial charge in [0.25, 0.3) is 5.91 Å². The van der Waals surface area contributed by atoms with Crippen molar-refractivity contribution in [1.29, 1.82) is 0 Å². The molecule has 0 fully saturated rings. The fraction of sp³-hybridized carbons (Fsp3) is 0.188. The molecule has 0 unspecified atom stereocenters. The van der Waals surface area contributed by atoms with Crippen LogP contribution in [0.4, 0.5) is 5.69 Å². The normalized spacial score (nSPS) is 11.3. The smallest absolute Gasteiger partial charge is 0.258 e. The lowest BCUT2D eigenvalue weighted by molar-refractivity contribution is 0.0992. The quantitative estimate of drug-likeness (QED) is 0.863. The summed E-state index contributed by atoms with van der Waals surface area (Å²) in [7, 11) is -1.60. The van der Waals surface area contributed by atoms with Crippen LogP contribution in [-0.2, 0) is 9.84 Å². The number of hydrogen-bond acceptors (Lipinski definition) is 3. The summed E-state index contributed by atoms with van der Waals surface area (Å²) < 4.78 is 22.9. The van der Waals surface area contributed by atoms with Crippen LogP contribution < -0.4 is 4.90 Å². The van der Waals surface area contributed by atoms with Crippen LogP contribution in [0.5, 0.6) is 0 Å². The molecule has 2 aromatic rings. The van der Waals surface area contributed by atoms with Crippen molar-refractivity contribution in [3.8, 4) is 0 Å². The highest BCUT2D eigenvalue weighted by Gasteiger charge is 2.16. The molecule has 116 valence electrons. The third kappa shape index (κ3) is 3.48. The minimum Gasteiger partial charge on any atom is -0.311 e. The highest BCUT2D eigenvalue weighted by Crippen LogP contribution is 2.21. The van der Waals surface area contributed by atoms with E-state index in [-0.39, 0.29) is 10.8 Å². The van der Waals surface area contributed by atoms with Crippen molar-refractivity contribution in [2.24, 2.45) is 0 Å². The summed E-state index contributed by atoms with van der Waals surface area (Å²) in [4.78, 5) is 14.2. The van der Waals surface area contributed by atoms with Gasteiger partial charge in [0.05, 0.1) is 4.90 Å². The molecule has 4 nitrogen and oxygen atoms in total. The van der Waals surface area contributed by atoms with Crippen LogP contribution in [0.1, 0.15) is 15.9 Å². The fourth-order valence-electron chi connectivity index (χ4n) is 2.08. The Kier molecular flexibility index (Phi) is 4.58. The van der Waals surface area contributed by atoms with E-state index in [1.54, 1.807) is 37.4 Å². The van der Waals surface area contributed by atoms with Gasteiger partial charge in [0.1, 0.15) is 0 Å². The van der Waals surface area contributed by atoms with Crippen LogP contribution >= 0.6 is 11.6 Å². The van der Waals surface area contributed by atoms with Gasteiger partial charge in [-0.3, -0.25) is 4.79 Å². The molecule has 1 amide bonds. The molecule has 0 atom stereocenters. The SMILES string of the molecule is Cc1cc(Cl)ccc1C(=O)N(C)c1ccc(S(C)(=O)=O)cc1. The molecular formula is C16H16ClNO3S. The van der Waals surface area contributed by atoms with Gasteiger partial charge >= 0.3 is 0 Å². The Morgan fingerprint density at radius 1 is 1.09 bits per heavy atom. The number of rotatable bonds is 3. The van der Waals surface area contributed by atoms with E-state index in [2.05, 4.69) is 0 Å². The summed E-state index contributed by atoms with van der Waals surface area (Å²) in [6.07, 6.45) is 1.15. The zero-order valence-electron chi connectivity index (χ0n) is 12.5. The van der Waals surface area contributed by atoms with Gasteiger partial charge in [0.15, 0.2) is 9.84 Å². The zero-order valence-corrected chi connectivity index (χ0v) is 14.1. The van der Waals surface area contributed by atoms with Gasteiger partial charge in [0.2, 0.25) is 0 Å². The number of carbonyl (C=O) groups excluding carboxylic acids is 1. The van der Waals surface area contributed by atoms with Gasteiger partial charge < -0.3 is 4.90 Å². The first kappa shape index (κ1) is 16.5. The van der Waals surface area contributed by atoms with Gasteiger partial charge in [-0.2, -0.15) is 0 Å². The van der Waals surface area contributed by atoms with E-state index >= 15 is 0 Å². The van der Waals surface area contributed by atoms with Crippen LogP contribution in [0.25, 0.3) is 0 Å². The van der Waals surface area contributed by atoms with E-state index in [1.807, 2.05) is 6.92 Å². The maximum absolute atomic E-state index is 12.5. The van der Waals surface area contributed by atoms with Crippen molar-refractivity contribution in [2.45, 2.75) is 11.8 Å². The first-order chi connectivity index (χ1) is 10.2. The molecule has 0 bridgehead atoms. The predicted octanol–water partition coefficient (Wildman–Crippen LogP) is 3.33. The Balaban J connectivity index is 2.31. The van der Waals surface area contributed by atoms with Crippen LogP contribution in [-0.4, -0.2) is 27.6 Å². The summed E-state index contributed by atoms with van der Waals surface area (Å²) in [5.41, 5.74) is 1.96. The van der Waals surface area contributed by atoms with Crippen molar-refractivity contribution in [3.05, 3.63) is 58.6 Å². The van der Waals surface area contributed by atoms with E-state index in [0.29, 0.717) is 16.3 Å². The second-order valence-corrected chi connectivity index (χ2v) is 7.54. The number of aryl methyl sites for hydroxylation is 1. The number of halogens is 1. The van der Waals surface area contributed by atoms with E-state index in [9.17, 15) is 13.2 Å². The molecule has 0 saturated carbocycles. The highest BCUT2D eigenvalue weighted by atomic mass is 35.5. The lowest BCUT2D eigenvalue weighted by Crippen LogP contribution is -2.26. The van der Waals surface area contributed by atoms with Crippen molar-refractivity contribution in [1.82, 2.24) is 0 Å². The Morgan fingerprint density at radius 3 is 2.18 bits per heavy atom. The van der Waals surface area contributed by atoms with E-state index in [4.69, 9.17) is 11.6 Å². The molecule has 0 radical (unpaired) electrons. The average Bonchev–Trinajstić information content (AvgIpc) is 2.45. The first-order valence-electron chi connectivity index (χ1n) is 6.54. The minimum atomic E-state index is -3.25. The molecule has 0 aromatic heterocycles. The highest BCUT2D eigenvalue weighted by molar-refractivity contribution is 7.90. The van der Waals surface area contributed by atoms with E-state index < -0.39 is 9.84 Å². The Hall–Kier alpha value is -1.85. The maximum atomic E-state index is 12.5. The first-order valence-corrected chi connectivity index (χ1v) is 8.81.